The molecule has 11 nitrogen and oxygen atoms in total. The van der Waals surface area contributed by atoms with Gasteiger partial charge >= 0.3 is 25.7 Å². The Labute approximate surface area is 297 Å². The van der Waals surface area contributed by atoms with Gasteiger partial charge in [0.25, 0.3) is 0 Å². The van der Waals surface area contributed by atoms with Gasteiger partial charge in [-0.05, 0) is 38.5 Å². The van der Waals surface area contributed by atoms with Crippen LogP contribution in [0.5, 0.6) is 0 Å². The van der Waals surface area contributed by atoms with Crippen LogP contribution in [0, 0.1) is 0 Å². The highest BCUT2D eigenvalue weighted by Crippen LogP contribution is 2.43. The van der Waals surface area contributed by atoms with Gasteiger partial charge in [-0.3, -0.25) is 23.4 Å². The zero-order valence-electron chi connectivity index (χ0n) is 30.8. The van der Waals surface area contributed by atoms with Crippen LogP contribution >= 0.6 is 7.82 Å². The summed E-state index contributed by atoms with van der Waals surface area (Å²) in [6.45, 7) is 2.76. The standard InChI is InChI=1S/C37H70NO10P/c1-3-5-7-9-11-13-15-17-19-21-23-25-27-29-36(40)48-33(31-46-49(43,44)47-32-34(38)37(41)42)30-45-35(39)28-26-24-22-20-18-16-14-12-10-8-6-4-2/h13,15,33-34H,3-12,14,16-32,38H2,1-2H3,(H,41,42)(H,43,44)/b15-13-/t33-,34+/m1/s1. The lowest BCUT2D eigenvalue weighted by atomic mass is 10.0. The smallest absolute Gasteiger partial charge is 0.472 e. The molecule has 12 heteroatoms. The van der Waals surface area contributed by atoms with Gasteiger partial charge in [-0.1, -0.05) is 135 Å². The van der Waals surface area contributed by atoms with Gasteiger partial charge in [-0.15, -0.1) is 0 Å². The van der Waals surface area contributed by atoms with Crippen LogP contribution in [-0.4, -0.2) is 59.9 Å². The molecule has 288 valence electrons. The summed E-state index contributed by atoms with van der Waals surface area (Å²) in [7, 11) is -4.70. The van der Waals surface area contributed by atoms with Crippen molar-refractivity contribution in [3.8, 4) is 0 Å². The van der Waals surface area contributed by atoms with Crippen molar-refractivity contribution in [1.82, 2.24) is 0 Å². The number of carboxylic acid groups (broad SMARTS) is 1. The second-order valence-corrected chi connectivity index (χ2v) is 14.5. The average molecular weight is 720 g/mol. The van der Waals surface area contributed by atoms with E-state index in [-0.39, 0.29) is 19.4 Å². The maximum Gasteiger partial charge on any atom is 0.472 e. The molecule has 3 atom stereocenters. The number of carboxylic acids is 1. The number of nitrogens with two attached hydrogens (primary N) is 1. The zero-order chi connectivity index (χ0) is 36.4. The van der Waals surface area contributed by atoms with Crippen LogP contribution in [0.15, 0.2) is 12.2 Å². The summed E-state index contributed by atoms with van der Waals surface area (Å²) in [5.74, 6) is -2.38. The summed E-state index contributed by atoms with van der Waals surface area (Å²) in [4.78, 5) is 45.7. The molecule has 0 bridgehead atoms. The summed E-state index contributed by atoms with van der Waals surface area (Å²) in [6.07, 6.45) is 29.9. The van der Waals surface area contributed by atoms with Crippen molar-refractivity contribution < 1.29 is 47.5 Å². The molecular formula is C37H70NO10P. The van der Waals surface area contributed by atoms with Gasteiger partial charge in [0, 0.05) is 12.8 Å². The van der Waals surface area contributed by atoms with Crippen LogP contribution in [0.4, 0.5) is 0 Å². The first-order valence-electron chi connectivity index (χ1n) is 19.2. The molecule has 0 saturated carbocycles. The van der Waals surface area contributed by atoms with Gasteiger partial charge in [0.15, 0.2) is 6.10 Å². The van der Waals surface area contributed by atoms with Crippen molar-refractivity contribution in [3.63, 3.8) is 0 Å². The number of hydrogen-bond donors (Lipinski definition) is 3. The average Bonchev–Trinajstić information content (AvgIpc) is 3.07. The van der Waals surface area contributed by atoms with Crippen molar-refractivity contribution in [1.29, 1.82) is 0 Å². The Morgan fingerprint density at radius 1 is 0.612 bits per heavy atom. The van der Waals surface area contributed by atoms with Crippen LogP contribution in [0.1, 0.15) is 174 Å². The molecule has 0 heterocycles. The first-order chi connectivity index (χ1) is 23.6. The Balaban J connectivity index is 4.44. The molecule has 0 aromatic rings. The summed E-state index contributed by atoms with van der Waals surface area (Å²) in [5, 5.41) is 8.85. The number of ether oxygens (including phenoxy) is 2. The van der Waals surface area contributed by atoms with Crippen LogP contribution in [0.25, 0.3) is 0 Å². The fourth-order valence-electron chi connectivity index (χ4n) is 5.18. The third kappa shape index (κ3) is 33.1. The van der Waals surface area contributed by atoms with E-state index in [1.54, 1.807) is 0 Å². The van der Waals surface area contributed by atoms with Crippen LogP contribution < -0.4 is 5.73 Å². The van der Waals surface area contributed by atoms with Gasteiger partial charge in [-0.25, -0.2) is 4.57 Å². The van der Waals surface area contributed by atoms with E-state index >= 15 is 0 Å². The zero-order valence-corrected chi connectivity index (χ0v) is 31.7. The quantitative estimate of drug-likeness (QED) is 0.0244. The minimum Gasteiger partial charge on any atom is -0.480 e. The number of allylic oxidation sites excluding steroid dienone is 2. The maximum atomic E-state index is 12.5. The third-order valence-electron chi connectivity index (χ3n) is 8.26. The number of phosphoric ester groups is 1. The van der Waals surface area contributed by atoms with E-state index in [4.69, 9.17) is 24.8 Å². The van der Waals surface area contributed by atoms with E-state index in [1.165, 1.54) is 77.0 Å². The van der Waals surface area contributed by atoms with E-state index < -0.39 is 51.1 Å². The molecule has 1 unspecified atom stereocenters. The van der Waals surface area contributed by atoms with Gasteiger partial charge in [0.1, 0.15) is 12.6 Å². The molecule has 0 amide bonds. The van der Waals surface area contributed by atoms with E-state index in [9.17, 15) is 23.8 Å². The molecule has 0 rings (SSSR count). The minimum absolute atomic E-state index is 0.154. The van der Waals surface area contributed by atoms with E-state index in [2.05, 4.69) is 30.5 Å². The van der Waals surface area contributed by atoms with Crippen molar-refractivity contribution >= 4 is 25.7 Å². The molecular weight excluding hydrogens is 649 g/mol. The first kappa shape index (κ1) is 47.2. The predicted octanol–water partition coefficient (Wildman–Crippen LogP) is 9.34. The molecule has 0 saturated heterocycles. The highest BCUT2D eigenvalue weighted by Gasteiger charge is 2.28. The van der Waals surface area contributed by atoms with Gasteiger partial charge in [0.2, 0.25) is 0 Å². The highest BCUT2D eigenvalue weighted by atomic mass is 31.2. The second kappa shape index (κ2) is 33.4. The largest absolute Gasteiger partial charge is 0.480 e. The van der Waals surface area contributed by atoms with E-state index in [1.807, 2.05) is 0 Å². The molecule has 0 aliphatic carbocycles. The molecule has 49 heavy (non-hydrogen) atoms. The molecule has 0 fully saturated rings. The molecule has 0 aromatic heterocycles. The van der Waals surface area contributed by atoms with Crippen molar-refractivity contribution in [2.45, 2.75) is 187 Å². The Morgan fingerprint density at radius 3 is 1.51 bits per heavy atom. The lowest BCUT2D eigenvalue weighted by Crippen LogP contribution is -2.34. The second-order valence-electron chi connectivity index (χ2n) is 13.1. The number of unbranched alkanes of at least 4 members (excludes halogenated alkanes) is 20. The SMILES string of the molecule is CCCCCC/C=C\CCCCCCCC(=O)O[C@H](COC(=O)CCCCCCCCCCCCCC)COP(=O)(O)OC[C@H](N)C(=O)O. The molecule has 0 aromatic carbocycles. The molecule has 0 aliphatic heterocycles. The lowest BCUT2D eigenvalue weighted by molar-refractivity contribution is -0.161. The highest BCUT2D eigenvalue weighted by molar-refractivity contribution is 7.47. The van der Waals surface area contributed by atoms with Crippen molar-refractivity contribution in [3.05, 3.63) is 12.2 Å². The molecule has 0 aliphatic rings. The lowest BCUT2D eigenvalue weighted by Gasteiger charge is -2.20. The van der Waals surface area contributed by atoms with Crippen LogP contribution in [0.2, 0.25) is 0 Å². The Kier molecular flexibility index (Phi) is 32.2. The predicted molar refractivity (Wildman–Crippen MR) is 194 cm³/mol. The summed E-state index contributed by atoms with van der Waals surface area (Å²) in [6, 6.07) is -1.52. The monoisotopic (exact) mass is 719 g/mol. The van der Waals surface area contributed by atoms with Gasteiger partial charge in [-0.2, -0.15) is 0 Å². The minimum atomic E-state index is -4.70. The van der Waals surface area contributed by atoms with Gasteiger partial charge < -0.3 is 25.2 Å². The normalized spacial score (nSPS) is 14.0. The molecule has 0 radical (unpaired) electrons. The molecule has 0 spiro atoms. The number of esters is 2. The van der Waals surface area contributed by atoms with Crippen molar-refractivity contribution in [2.75, 3.05) is 19.8 Å². The Hall–Kier alpha value is -1.78. The summed E-state index contributed by atoms with van der Waals surface area (Å²) in [5.41, 5.74) is 5.31. The van der Waals surface area contributed by atoms with Gasteiger partial charge in [0.05, 0.1) is 13.2 Å². The first-order valence-corrected chi connectivity index (χ1v) is 20.7. The van der Waals surface area contributed by atoms with Crippen molar-refractivity contribution in [2.24, 2.45) is 5.73 Å². The number of carbonyl (C=O) groups is 3. The van der Waals surface area contributed by atoms with Crippen LogP contribution in [-0.2, 0) is 37.5 Å². The fourth-order valence-corrected chi connectivity index (χ4v) is 5.95. The number of carbonyl (C=O) groups excluding carboxylic acids is 2. The summed E-state index contributed by atoms with van der Waals surface area (Å²) < 4.78 is 32.5. The Bertz CT molecular complexity index is 900. The Morgan fingerprint density at radius 2 is 1.02 bits per heavy atom. The molecule has 4 N–H and O–H groups in total. The van der Waals surface area contributed by atoms with E-state index in [0.29, 0.717) is 12.8 Å². The number of hydrogen-bond acceptors (Lipinski definition) is 9. The summed E-state index contributed by atoms with van der Waals surface area (Å²) >= 11 is 0. The number of aliphatic carboxylic acids is 1. The maximum absolute atomic E-state index is 12.5. The van der Waals surface area contributed by atoms with Crippen LogP contribution in [0.3, 0.4) is 0 Å². The topological polar surface area (TPSA) is 172 Å². The third-order valence-corrected chi connectivity index (χ3v) is 9.21. The fraction of sp³-hybridized carbons (Fsp3) is 0.865. The van der Waals surface area contributed by atoms with E-state index in [0.717, 1.165) is 57.8 Å². The number of phosphoric acid groups is 1. The number of rotatable bonds is 36.